The fraction of sp³-hybridized carbons (Fsp3) is 0.148. The third-order valence-corrected chi connectivity index (χ3v) is 5.91. The van der Waals surface area contributed by atoms with Crippen LogP contribution in [-0.4, -0.2) is 15.7 Å². The number of rotatable bonds is 9. The molecule has 0 aliphatic heterocycles. The van der Waals surface area contributed by atoms with Gasteiger partial charge in [0, 0.05) is 45.4 Å². The van der Waals surface area contributed by atoms with E-state index in [1.165, 1.54) is 12.1 Å². The van der Waals surface area contributed by atoms with E-state index in [1.807, 2.05) is 68.4 Å². The lowest BCUT2D eigenvalue weighted by molar-refractivity contribution is -0.384. The fourth-order valence-electron chi connectivity index (χ4n) is 3.75. The van der Waals surface area contributed by atoms with E-state index >= 15 is 0 Å². The van der Waals surface area contributed by atoms with Crippen LogP contribution in [0.1, 0.15) is 28.1 Å². The lowest BCUT2D eigenvalue weighted by Gasteiger charge is -2.12. The first-order valence-electron chi connectivity index (χ1n) is 11.0. The van der Waals surface area contributed by atoms with Crippen molar-refractivity contribution in [1.82, 2.24) is 4.57 Å². The van der Waals surface area contributed by atoms with Gasteiger partial charge in [0.2, 0.25) is 0 Å². The van der Waals surface area contributed by atoms with Crippen molar-refractivity contribution >= 4 is 23.5 Å². The number of halogens is 1. The highest BCUT2D eigenvalue weighted by atomic mass is 35.5. The molecule has 0 amide bonds. The van der Waals surface area contributed by atoms with Crippen molar-refractivity contribution in [2.45, 2.75) is 27.1 Å². The Kier molecular flexibility index (Phi) is 7.48. The molecule has 178 valence electrons. The predicted molar refractivity (Wildman–Crippen MR) is 137 cm³/mol. The number of hydrogen-bond acceptors (Lipinski definition) is 5. The second kappa shape index (κ2) is 10.9. The largest absolute Gasteiger partial charge is 0.489 e. The van der Waals surface area contributed by atoms with E-state index < -0.39 is 4.92 Å². The van der Waals surface area contributed by atoms with Gasteiger partial charge in [-0.3, -0.25) is 10.1 Å². The summed E-state index contributed by atoms with van der Waals surface area (Å²) in [6.07, 6.45) is 1.65. The first-order chi connectivity index (χ1) is 16.9. The van der Waals surface area contributed by atoms with Crippen molar-refractivity contribution in [2.75, 3.05) is 0 Å². The number of hydrogen-bond donors (Lipinski definition) is 0. The average Bonchev–Trinajstić information content (AvgIpc) is 3.14. The van der Waals surface area contributed by atoms with E-state index in [-0.39, 0.29) is 12.3 Å². The van der Waals surface area contributed by atoms with Gasteiger partial charge in [-0.05, 0) is 55.8 Å². The van der Waals surface area contributed by atoms with Crippen molar-refractivity contribution < 1.29 is 14.5 Å². The zero-order valence-electron chi connectivity index (χ0n) is 19.3. The maximum Gasteiger partial charge on any atom is 0.269 e. The van der Waals surface area contributed by atoms with Gasteiger partial charge in [-0.25, -0.2) is 0 Å². The summed E-state index contributed by atoms with van der Waals surface area (Å²) in [4.78, 5) is 15.8. The summed E-state index contributed by atoms with van der Waals surface area (Å²) in [6.45, 7) is 4.58. The van der Waals surface area contributed by atoms with Gasteiger partial charge in [0.05, 0.1) is 11.1 Å². The van der Waals surface area contributed by atoms with Gasteiger partial charge < -0.3 is 14.1 Å². The molecule has 0 N–H and O–H groups in total. The van der Waals surface area contributed by atoms with Crippen LogP contribution in [0.5, 0.6) is 5.75 Å². The van der Waals surface area contributed by atoms with Gasteiger partial charge in [-0.2, -0.15) is 0 Å². The van der Waals surface area contributed by atoms with Crippen LogP contribution in [0.4, 0.5) is 5.69 Å². The monoisotopic (exact) mass is 489 g/mol. The Labute approximate surface area is 208 Å². The number of benzene rings is 3. The van der Waals surface area contributed by atoms with Crippen LogP contribution in [0.3, 0.4) is 0 Å². The molecule has 0 bridgehead atoms. The molecule has 0 spiro atoms. The minimum absolute atomic E-state index is 0.0268. The van der Waals surface area contributed by atoms with Crippen LogP contribution in [0.2, 0.25) is 5.02 Å². The molecule has 0 saturated heterocycles. The normalized spacial score (nSPS) is 11.1. The van der Waals surface area contributed by atoms with Crippen LogP contribution < -0.4 is 4.74 Å². The van der Waals surface area contributed by atoms with Gasteiger partial charge in [-0.1, -0.05) is 47.1 Å². The molecule has 1 aromatic heterocycles. The lowest BCUT2D eigenvalue weighted by atomic mass is 10.2. The molecule has 1 heterocycles. The van der Waals surface area contributed by atoms with E-state index in [9.17, 15) is 10.1 Å². The number of aryl methyl sites for hydroxylation is 1. The van der Waals surface area contributed by atoms with Crippen LogP contribution in [0.15, 0.2) is 84.0 Å². The number of nitro benzene ring substituents is 1. The summed E-state index contributed by atoms with van der Waals surface area (Å²) in [7, 11) is 0. The summed E-state index contributed by atoms with van der Waals surface area (Å²) < 4.78 is 8.01. The molecule has 4 rings (SSSR count). The third-order valence-electron chi connectivity index (χ3n) is 5.54. The van der Waals surface area contributed by atoms with Crippen LogP contribution in [-0.2, 0) is 18.1 Å². The molecule has 0 atom stereocenters. The molecule has 0 saturated carbocycles. The average molecular weight is 490 g/mol. The molecule has 0 aliphatic carbocycles. The highest BCUT2D eigenvalue weighted by Gasteiger charge is 2.10. The molecular weight excluding hydrogens is 466 g/mol. The maximum absolute atomic E-state index is 10.9. The quantitative estimate of drug-likeness (QED) is 0.147. The van der Waals surface area contributed by atoms with Crippen molar-refractivity contribution in [3.63, 3.8) is 0 Å². The fourth-order valence-corrected chi connectivity index (χ4v) is 3.94. The van der Waals surface area contributed by atoms with Crippen LogP contribution in [0.25, 0.3) is 5.69 Å². The molecule has 8 heteroatoms. The van der Waals surface area contributed by atoms with Gasteiger partial charge >= 0.3 is 0 Å². The summed E-state index contributed by atoms with van der Waals surface area (Å²) in [5.41, 5.74) is 5.62. The Morgan fingerprint density at radius 2 is 1.77 bits per heavy atom. The maximum atomic E-state index is 10.9. The molecule has 3 aromatic carbocycles. The van der Waals surface area contributed by atoms with Crippen molar-refractivity contribution in [3.05, 3.63) is 122 Å². The second-order valence-corrected chi connectivity index (χ2v) is 8.38. The van der Waals surface area contributed by atoms with Crippen LogP contribution in [0, 0.1) is 24.0 Å². The first-order valence-corrected chi connectivity index (χ1v) is 11.3. The minimum Gasteiger partial charge on any atom is -0.489 e. The molecule has 0 fully saturated rings. The lowest BCUT2D eigenvalue weighted by Crippen LogP contribution is -2.00. The van der Waals surface area contributed by atoms with Crippen molar-refractivity contribution in [1.29, 1.82) is 0 Å². The minimum atomic E-state index is -0.431. The van der Waals surface area contributed by atoms with Crippen molar-refractivity contribution in [2.24, 2.45) is 5.16 Å². The number of non-ortho nitro benzene ring substituents is 1. The zero-order chi connectivity index (χ0) is 24.8. The smallest absolute Gasteiger partial charge is 0.269 e. The van der Waals surface area contributed by atoms with Gasteiger partial charge in [0.1, 0.15) is 19.0 Å². The molecule has 0 aliphatic rings. The molecule has 0 unspecified atom stereocenters. The SMILES string of the molecule is Cc1cc(/C=N\OCc2cccc([N+](=O)[O-])c2)c(C)n1-c1ccc(OCc2ccccc2Cl)cc1. The van der Waals surface area contributed by atoms with E-state index in [0.29, 0.717) is 17.2 Å². The Morgan fingerprint density at radius 1 is 1.00 bits per heavy atom. The van der Waals surface area contributed by atoms with Crippen LogP contribution >= 0.6 is 11.6 Å². The highest BCUT2D eigenvalue weighted by molar-refractivity contribution is 6.31. The Balaban J connectivity index is 1.40. The van der Waals surface area contributed by atoms with Gasteiger partial charge in [0.15, 0.2) is 0 Å². The Hall–Kier alpha value is -4.10. The van der Waals surface area contributed by atoms with E-state index in [0.717, 1.165) is 34.0 Å². The Bertz CT molecular complexity index is 1360. The number of ether oxygens (including phenoxy) is 1. The molecule has 0 radical (unpaired) electrons. The molecule has 7 nitrogen and oxygen atoms in total. The number of oxime groups is 1. The topological polar surface area (TPSA) is 78.9 Å². The number of nitrogens with zero attached hydrogens (tertiary/aromatic N) is 3. The van der Waals surface area contributed by atoms with Crippen molar-refractivity contribution in [3.8, 4) is 11.4 Å². The van der Waals surface area contributed by atoms with E-state index in [1.54, 1.807) is 18.3 Å². The molecule has 35 heavy (non-hydrogen) atoms. The second-order valence-electron chi connectivity index (χ2n) is 7.97. The van der Waals surface area contributed by atoms with E-state index in [4.69, 9.17) is 21.2 Å². The zero-order valence-corrected chi connectivity index (χ0v) is 20.1. The van der Waals surface area contributed by atoms with E-state index in [2.05, 4.69) is 9.72 Å². The first kappa shape index (κ1) is 24.0. The third kappa shape index (κ3) is 5.88. The number of aromatic nitrogens is 1. The van der Waals surface area contributed by atoms with Gasteiger partial charge in [0.25, 0.3) is 5.69 Å². The summed E-state index contributed by atoms with van der Waals surface area (Å²) in [6, 6.07) is 23.8. The summed E-state index contributed by atoms with van der Waals surface area (Å²) in [5.74, 6) is 0.757. The summed E-state index contributed by atoms with van der Waals surface area (Å²) >= 11 is 6.20. The number of nitro groups is 1. The predicted octanol–water partition coefficient (Wildman–Crippen LogP) is 6.79. The summed E-state index contributed by atoms with van der Waals surface area (Å²) in [5, 5.41) is 15.6. The standard InChI is InChI=1S/C27H24ClN3O4/c1-19-14-23(16-29-35-17-21-6-5-8-25(15-21)31(32)33)20(2)30(19)24-10-12-26(13-11-24)34-18-22-7-3-4-9-27(22)28/h3-16H,17-18H2,1-2H3/b29-16-. The molecular formula is C27H24ClN3O4. The molecule has 4 aromatic rings. The van der Waals surface area contributed by atoms with Gasteiger partial charge in [-0.15, -0.1) is 0 Å². The Morgan fingerprint density at radius 3 is 2.51 bits per heavy atom. The highest BCUT2D eigenvalue weighted by Crippen LogP contribution is 2.24.